The zero-order valence-corrected chi connectivity index (χ0v) is 14.1. The van der Waals surface area contributed by atoms with Gasteiger partial charge >= 0.3 is 6.03 Å². The summed E-state index contributed by atoms with van der Waals surface area (Å²) < 4.78 is 5.74. The summed E-state index contributed by atoms with van der Waals surface area (Å²) in [7, 11) is 0. The summed E-state index contributed by atoms with van der Waals surface area (Å²) in [6, 6.07) is 9.70. The van der Waals surface area contributed by atoms with E-state index in [2.05, 4.69) is 5.32 Å². The fraction of sp³-hybridized carbons (Fsp3) is 0.556. The minimum absolute atomic E-state index is 0.00708. The Labute approximate surface area is 142 Å². The fourth-order valence-corrected chi connectivity index (χ4v) is 3.51. The molecule has 6 nitrogen and oxygen atoms in total. The number of amides is 3. The van der Waals surface area contributed by atoms with Gasteiger partial charge in [0.1, 0.15) is 0 Å². The fourth-order valence-electron chi connectivity index (χ4n) is 3.51. The number of urea groups is 1. The number of carbonyl (C=O) groups is 2. The molecule has 0 aliphatic carbocycles. The molecule has 2 fully saturated rings. The predicted molar refractivity (Wildman–Crippen MR) is 90.5 cm³/mol. The number of hydrogen-bond acceptors (Lipinski definition) is 3. The number of benzene rings is 1. The third-order valence-corrected chi connectivity index (χ3v) is 4.70. The standard InChI is InChI=1S/C18H25N3O3/c1-2-24-16(14-7-4-3-5-8-14)17(22)20-11-6-9-15(13-20)21-12-10-19-18(21)23/h3-5,7-8,15-16H,2,6,9-13H2,1H3,(H,19,23)/t15-,16+/m0/s1. The van der Waals surface area contributed by atoms with Crippen LogP contribution in [0.15, 0.2) is 30.3 Å². The molecule has 130 valence electrons. The second-order valence-corrected chi connectivity index (χ2v) is 6.25. The van der Waals surface area contributed by atoms with Gasteiger partial charge in [0, 0.05) is 32.8 Å². The van der Waals surface area contributed by atoms with Crippen molar-refractivity contribution in [2.45, 2.75) is 31.9 Å². The molecule has 0 aromatic heterocycles. The van der Waals surface area contributed by atoms with Crippen LogP contribution in [0.1, 0.15) is 31.4 Å². The molecule has 2 heterocycles. The minimum atomic E-state index is -0.567. The van der Waals surface area contributed by atoms with Crippen molar-refractivity contribution in [2.24, 2.45) is 0 Å². The highest BCUT2D eigenvalue weighted by Gasteiger charge is 2.35. The zero-order valence-electron chi connectivity index (χ0n) is 14.1. The number of ether oxygens (including phenoxy) is 1. The van der Waals surface area contributed by atoms with Gasteiger partial charge in [-0.1, -0.05) is 30.3 Å². The highest BCUT2D eigenvalue weighted by Crippen LogP contribution is 2.24. The number of nitrogens with one attached hydrogen (secondary N) is 1. The molecule has 3 amide bonds. The van der Waals surface area contributed by atoms with Gasteiger partial charge in [0.2, 0.25) is 0 Å². The van der Waals surface area contributed by atoms with E-state index < -0.39 is 6.10 Å². The van der Waals surface area contributed by atoms with Gasteiger partial charge in [-0.3, -0.25) is 4.79 Å². The second kappa shape index (κ2) is 7.66. The summed E-state index contributed by atoms with van der Waals surface area (Å²) in [6.07, 6.45) is 1.29. The molecule has 1 aromatic carbocycles. The number of rotatable bonds is 5. The third-order valence-electron chi connectivity index (χ3n) is 4.70. The topological polar surface area (TPSA) is 61.9 Å². The van der Waals surface area contributed by atoms with Crippen molar-refractivity contribution in [1.29, 1.82) is 0 Å². The van der Waals surface area contributed by atoms with E-state index in [0.717, 1.165) is 31.5 Å². The van der Waals surface area contributed by atoms with E-state index in [1.165, 1.54) is 0 Å². The maximum Gasteiger partial charge on any atom is 0.317 e. The Hall–Kier alpha value is -2.08. The van der Waals surface area contributed by atoms with E-state index in [4.69, 9.17) is 4.74 Å². The van der Waals surface area contributed by atoms with Crippen LogP contribution in [0, 0.1) is 0 Å². The van der Waals surface area contributed by atoms with Gasteiger partial charge < -0.3 is 19.9 Å². The quantitative estimate of drug-likeness (QED) is 0.895. The normalized spacial score (nSPS) is 22.4. The first-order valence-corrected chi connectivity index (χ1v) is 8.70. The average molecular weight is 331 g/mol. The summed E-state index contributed by atoms with van der Waals surface area (Å²) in [4.78, 5) is 28.6. The molecule has 2 saturated heterocycles. The molecular weight excluding hydrogens is 306 g/mol. The Morgan fingerprint density at radius 3 is 2.79 bits per heavy atom. The summed E-state index contributed by atoms with van der Waals surface area (Å²) in [5.41, 5.74) is 0.880. The zero-order chi connectivity index (χ0) is 16.9. The molecule has 0 radical (unpaired) electrons. The van der Waals surface area contributed by atoms with Gasteiger partial charge in [0.05, 0.1) is 6.04 Å². The molecule has 2 aliphatic rings. The van der Waals surface area contributed by atoms with E-state index in [9.17, 15) is 9.59 Å². The van der Waals surface area contributed by atoms with Crippen LogP contribution < -0.4 is 5.32 Å². The first-order valence-electron chi connectivity index (χ1n) is 8.70. The summed E-state index contributed by atoms with van der Waals surface area (Å²) in [6.45, 7) is 5.10. The number of likely N-dealkylation sites (tertiary alicyclic amines) is 1. The van der Waals surface area contributed by atoms with Crippen LogP contribution in [-0.4, -0.2) is 60.6 Å². The molecule has 1 aromatic rings. The summed E-state index contributed by atoms with van der Waals surface area (Å²) in [5, 5.41) is 2.84. The third kappa shape index (κ3) is 3.53. The van der Waals surface area contributed by atoms with Crippen molar-refractivity contribution >= 4 is 11.9 Å². The van der Waals surface area contributed by atoms with Crippen LogP contribution >= 0.6 is 0 Å². The lowest BCUT2D eigenvalue weighted by Crippen LogP contribution is -2.51. The Morgan fingerprint density at radius 2 is 2.12 bits per heavy atom. The predicted octanol–water partition coefficient (Wildman–Crippen LogP) is 1.78. The Morgan fingerprint density at radius 1 is 1.33 bits per heavy atom. The number of carbonyl (C=O) groups excluding carboxylic acids is 2. The van der Waals surface area contributed by atoms with Gasteiger partial charge in [-0.15, -0.1) is 0 Å². The molecule has 2 aliphatic heterocycles. The van der Waals surface area contributed by atoms with Gasteiger partial charge in [-0.05, 0) is 25.3 Å². The molecule has 0 bridgehead atoms. The summed E-state index contributed by atoms with van der Waals surface area (Å²) in [5.74, 6) is -0.00708. The van der Waals surface area contributed by atoms with Crippen LogP contribution in [0.5, 0.6) is 0 Å². The van der Waals surface area contributed by atoms with E-state index in [0.29, 0.717) is 19.7 Å². The van der Waals surface area contributed by atoms with Crippen LogP contribution in [0.3, 0.4) is 0 Å². The van der Waals surface area contributed by atoms with E-state index in [1.807, 2.05) is 47.1 Å². The van der Waals surface area contributed by atoms with Crippen molar-refractivity contribution < 1.29 is 14.3 Å². The maximum atomic E-state index is 13.0. The minimum Gasteiger partial charge on any atom is -0.364 e. The first kappa shape index (κ1) is 16.8. The van der Waals surface area contributed by atoms with Gasteiger partial charge in [-0.25, -0.2) is 4.79 Å². The van der Waals surface area contributed by atoms with Crippen LogP contribution in [0.4, 0.5) is 4.79 Å². The SMILES string of the molecule is CCO[C@@H](C(=O)N1CCC[C@H](N2CCNC2=O)C1)c1ccccc1. The molecule has 0 unspecified atom stereocenters. The molecular formula is C18H25N3O3. The molecule has 1 N–H and O–H groups in total. The Kier molecular flexibility index (Phi) is 5.35. The Balaban J connectivity index is 1.71. The van der Waals surface area contributed by atoms with E-state index >= 15 is 0 Å². The van der Waals surface area contributed by atoms with Gasteiger partial charge in [0.25, 0.3) is 5.91 Å². The van der Waals surface area contributed by atoms with Crippen molar-refractivity contribution in [1.82, 2.24) is 15.1 Å². The smallest absolute Gasteiger partial charge is 0.317 e. The average Bonchev–Trinajstić information content (AvgIpc) is 3.06. The molecule has 3 rings (SSSR count). The van der Waals surface area contributed by atoms with Crippen LogP contribution in [0.2, 0.25) is 0 Å². The van der Waals surface area contributed by atoms with Crippen molar-refractivity contribution in [3.8, 4) is 0 Å². The molecule has 2 atom stereocenters. The highest BCUT2D eigenvalue weighted by atomic mass is 16.5. The van der Waals surface area contributed by atoms with E-state index in [1.54, 1.807) is 0 Å². The second-order valence-electron chi connectivity index (χ2n) is 6.25. The lowest BCUT2D eigenvalue weighted by atomic mass is 10.0. The van der Waals surface area contributed by atoms with Crippen molar-refractivity contribution in [2.75, 3.05) is 32.8 Å². The molecule has 0 saturated carbocycles. The van der Waals surface area contributed by atoms with Crippen LogP contribution in [-0.2, 0) is 9.53 Å². The van der Waals surface area contributed by atoms with Gasteiger partial charge in [0.15, 0.2) is 6.10 Å². The largest absolute Gasteiger partial charge is 0.364 e. The maximum absolute atomic E-state index is 13.0. The molecule has 24 heavy (non-hydrogen) atoms. The first-order chi connectivity index (χ1) is 11.7. The number of piperidine rings is 1. The van der Waals surface area contributed by atoms with Crippen LogP contribution in [0.25, 0.3) is 0 Å². The van der Waals surface area contributed by atoms with Crippen molar-refractivity contribution in [3.63, 3.8) is 0 Å². The Bertz CT molecular complexity index is 578. The lowest BCUT2D eigenvalue weighted by molar-refractivity contribution is -0.146. The number of nitrogens with zero attached hydrogens (tertiary/aromatic N) is 2. The monoisotopic (exact) mass is 331 g/mol. The van der Waals surface area contributed by atoms with Crippen molar-refractivity contribution in [3.05, 3.63) is 35.9 Å². The van der Waals surface area contributed by atoms with E-state index in [-0.39, 0.29) is 18.0 Å². The summed E-state index contributed by atoms with van der Waals surface area (Å²) >= 11 is 0. The molecule has 6 heteroatoms. The number of hydrogen-bond donors (Lipinski definition) is 1. The molecule has 0 spiro atoms. The highest BCUT2D eigenvalue weighted by molar-refractivity contribution is 5.83. The lowest BCUT2D eigenvalue weighted by Gasteiger charge is -2.38. The van der Waals surface area contributed by atoms with Gasteiger partial charge in [-0.2, -0.15) is 0 Å².